The molecule has 1 amide bonds. The average Bonchev–Trinajstić information content (AvgIpc) is 3.83. The van der Waals surface area contributed by atoms with E-state index in [9.17, 15) is 50.8 Å². The minimum Gasteiger partial charge on any atom is -0.393 e. The lowest BCUT2D eigenvalue weighted by atomic mass is 9.43. The Labute approximate surface area is 409 Å². The molecule has 0 unspecified atom stereocenters. The van der Waals surface area contributed by atoms with Crippen molar-refractivity contribution in [2.45, 2.75) is 220 Å². The first kappa shape index (κ1) is 54.9. The van der Waals surface area contributed by atoms with E-state index >= 15 is 0 Å². The first-order chi connectivity index (χ1) is 33.0. The Bertz CT molecular complexity index is 1770. The number of nitrogens with one attached hydrogen (secondary N) is 1. The van der Waals surface area contributed by atoms with Crippen LogP contribution in [-0.2, 0) is 33.2 Å². The summed E-state index contributed by atoms with van der Waals surface area (Å²) in [6.45, 7) is 5.98. The molecule has 8 rings (SSSR count). The van der Waals surface area contributed by atoms with Gasteiger partial charge in [0, 0.05) is 38.1 Å². The molecule has 0 aromatic rings. The van der Waals surface area contributed by atoms with Crippen molar-refractivity contribution in [1.82, 2.24) is 5.32 Å². The van der Waals surface area contributed by atoms with Gasteiger partial charge >= 0.3 is 0 Å². The summed E-state index contributed by atoms with van der Waals surface area (Å²) >= 11 is 0. The third-order valence-electron chi connectivity index (χ3n) is 19.0. The van der Waals surface area contributed by atoms with Crippen LogP contribution in [0.4, 0.5) is 0 Å². The first-order valence-corrected chi connectivity index (χ1v) is 25.8. The fourth-order valence-electron chi connectivity index (χ4n) is 14.8. The van der Waals surface area contributed by atoms with Crippen molar-refractivity contribution < 1.29 is 79.2 Å². The van der Waals surface area contributed by atoms with Gasteiger partial charge in [0.1, 0.15) is 67.1 Å². The van der Waals surface area contributed by atoms with E-state index in [4.69, 9.17) is 62.8 Å². The molecule has 8 fully saturated rings. The van der Waals surface area contributed by atoms with E-state index in [1.807, 2.05) is 0 Å². The number of aliphatic hydroxyl groups excluding tert-OH is 9. The van der Waals surface area contributed by atoms with Gasteiger partial charge in [-0.1, -0.05) is 20.8 Å². The Morgan fingerprint density at radius 1 is 0.657 bits per heavy atom. The molecule has 0 aromatic carbocycles. The quantitative estimate of drug-likeness (QED) is 0.0772. The average molecular weight is 1000 g/mol. The third kappa shape index (κ3) is 9.97. The SMILES string of the molecule is C[C@@H](CCC(=O)NC[C@H]1O[C@@H](O[C@@H]2[C@@H](O)[C@H](N)C[C@H](N)[C@H]2O[C@H]2O[C@H](CN)[C@@H](O)[C@H](O)[C@H]2N)[C@H](O)[C@@H]1O[C@H]1O[C@@H](CN)[C@@H](O)[C@H](O)[C@H]1N)[C@@H]1CC[C@H]2[C@@H]3[C@@H](O)C[C@H]4C[C@@H](O)CC[C@@]4(C)[C@H]3C[C@@H](O)[C@]21C. The molecule has 0 spiro atoms. The molecule has 3 saturated heterocycles. The van der Waals surface area contributed by atoms with Gasteiger partial charge in [-0.15, -0.1) is 0 Å². The topological polar surface area (TPSA) is 423 Å². The summed E-state index contributed by atoms with van der Waals surface area (Å²) in [6.07, 6.45) is -16.1. The first-order valence-electron chi connectivity index (χ1n) is 25.8. The second-order valence-electron chi connectivity index (χ2n) is 22.9. The highest BCUT2D eigenvalue weighted by molar-refractivity contribution is 5.75. The Kier molecular flexibility index (Phi) is 17.0. The number of hydrogen-bond acceptors (Lipinski definition) is 22. The predicted molar refractivity (Wildman–Crippen MR) is 247 cm³/mol. The maximum atomic E-state index is 13.8. The number of fused-ring (bicyclic) bond motifs is 5. The van der Waals surface area contributed by atoms with E-state index in [1.54, 1.807) is 0 Å². The normalized spacial score (nSPS) is 54.2. The predicted octanol–water partition coefficient (Wildman–Crippen LogP) is -5.39. The highest BCUT2D eigenvalue weighted by Crippen LogP contribution is 2.68. The second-order valence-corrected chi connectivity index (χ2v) is 22.9. The van der Waals surface area contributed by atoms with Gasteiger partial charge in [0.05, 0.1) is 36.5 Å². The molecule has 3 aliphatic heterocycles. The monoisotopic (exact) mass is 1000 g/mol. The van der Waals surface area contributed by atoms with Crippen molar-refractivity contribution in [1.29, 1.82) is 0 Å². The van der Waals surface area contributed by atoms with Gasteiger partial charge in [-0.25, -0.2) is 0 Å². The Morgan fingerprint density at radius 2 is 1.24 bits per heavy atom. The third-order valence-corrected chi connectivity index (χ3v) is 19.0. The molecule has 0 aromatic heterocycles. The molecule has 23 nitrogen and oxygen atoms in total. The molecule has 22 N–H and O–H groups in total. The van der Waals surface area contributed by atoms with Crippen LogP contribution in [0, 0.1) is 46.3 Å². The number of hydrogen-bond donors (Lipinski definition) is 16. The number of rotatable bonds is 14. The zero-order chi connectivity index (χ0) is 50.9. The summed E-state index contributed by atoms with van der Waals surface area (Å²) in [4.78, 5) is 13.8. The van der Waals surface area contributed by atoms with Gasteiger partial charge in [0.2, 0.25) is 5.91 Å². The van der Waals surface area contributed by atoms with Crippen LogP contribution in [0.5, 0.6) is 0 Å². The fourth-order valence-corrected chi connectivity index (χ4v) is 14.8. The molecular formula is C47H85N7O16. The maximum Gasteiger partial charge on any atom is 0.220 e. The highest BCUT2D eigenvalue weighted by atomic mass is 16.8. The number of ether oxygens (including phenoxy) is 6. The summed E-state index contributed by atoms with van der Waals surface area (Å²) in [5, 5.41) is 103. The molecule has 404 valence electrons. The molecule has 0 bridgehead atoms. The van der Waals surface area contributed by atoms with Crippen molar-refractivity contribution >= 4 is 5.91 Å². The largest absolute Gasteiger partial charge is 0.393 e. The van der Waals surface area contributed by atoms with E-state index in [2.05, 4.69) is 26.1 Å². The molecular weight excluding hydrogens is 919 g/mol. The van der Waals surface area contributed by atoms with Crippen molar-refractivity contribution in [2.24, 2.45) is 80.7 Å². The maximum absolute atomic E-state index is 13.8. The molecule has 30 atom stereocenters. The molecule has 70 heavy (non-hydrogen) atoms. The summed E-state index contributed by atoms with van der Waals surface area (Å²) < 4.78 is 36.6. The lowest BCUT2D eigenvalue weighted by Gasteiger charge is -2.63. The van der Waals surface area contributed by atoms with Gasteiger partial charge in [0.15, 0.2) is 18.9 Å². The van der Waals surface area contributed by atoms with Crippen LogP contribution in [0.2, 0.25) is 0 Å². The molecule has 5 saturated carbocycles. The standard InChI is InChI=1S/C47H85N7O16/c1-17(20-5-6-21-31-22(12-29(57)47(20,21)3)46(2)9-8-19(55)10-18(46)11-25(31)56)4-7-30(58)54-16-28-41(69-44-33(53)38(63)36(61)27(15-49)66-44)39(64)45(67-28)70-42-34(59)23(50)13-24(51)40(42)68-43-32(52)37(62)35(60)26(14-48)65-43/h17-29,31-45,55-57,59-64H,4-16,48-53H2,1-3H3,(H,54,58)/t17-,18+,19-,20-,21-,22-,23+,24-,25-,26+,27-,28+,29+,31-,32+,33+,34-,35+,36+,37+,38+,39+,40+,41+,42+,43+,44+,45-,46+,47-/m0/s1. The van der Waals surface area contributed by atoms with Crippen LogP contribution in [0.1, 0.15) is 85.0 Å². The molecule has 23 heteroatoms. The number of nitrogens with two attached hydrogens (primary N) is 6. The lowest BCUT2D eigenvalue weighted by molar-refractivity contribution is -0.306. The highest BCUT2D eigenvalue weighted by Gasteiger charge is 2.66. The van der Waals surface area contributed by atoms with Crippen LogP contribution in [0.25, 0.3) is 0 Å². The van der Waals surface area contributed by atoms with Crippen molar-refractivity contribution in [3.05, 3.63) is 0 Å². The molecule has 8 aliphatic rings. The summed E-state index contributed by atoms with van der Waals surface area (Å²) in [5.41, 5.74) is 36.4. The number of carbonyl (C=O) groups excluding carboxylic acids is 1. The number of aliphatic hydroxyl groups is 9. The second kappa shape index (κ2) is 21.7. The van der Waals surface area contributed by atoms with E-state index in [1.165, 1.54) is 0 Å². The van der Waals surface area contributed by atoms with E-state index in [-0.39, 0.29) is 85.4 Å². The van der Waals surface area contributed by atoms with Crippen LogP contribution in [0.15, 0.2) is 0 Å². The van der Waals surface area contributed by atoms with Crippen LogP contribution in [0.3, 0.4) is 0 Å². The van der Waals surface area contributed by atoms with E-state index in [0.717, 1.165) is 25.7 Å². The van der Waals surface area contributed by atoms with E-state index in [0.29, 0.717) is 25.7 Å². The Hall–Kier alpha value is -1.37. The van der Waals surface area contributed by atoms with Crippen molar-refractivity contribution in [3.8, 4) is 0 Å². The Morgan fingerprint density at radius 3 is 1.86 bits per heavy atom. The van der Waals surface area contributed by atoms with Gasteiger partial charge in [-0.3, -0.25) is 4.79 Å². The molecule has 0 radical (unpaired) electrons. The van der Waals surface area contributed by atoms with Crippen molar-refractivity contribution in [2.75, 3.05) is 19.6 Å². The van der Waals surface area contributed by atoms with Crippen LogP contribution in [-0.4, -0.2) is 206 Å². The van der Waals surface area contributed by atoms with Crippen molar-refractivity contribution in [3.63, 3.8) is 0 Å². The van der Waals surface area contributed by atoms with Gasteiger partial charge in [0.25, 0.3) is 0 Å². The summed E-state index contributed by atoms with van der Waals surface area (Å²) in [6, 6.07) is -4.42. The lowest BCUT2D eigenvalue weighted by Crippen LogP contribution is -2.68. The minimum atomic E-state index is -1.68. The van der Waals surface area contributed by atoms with Gasteiger partial charge in [-0.2, -0.15) is 0 Å². The summed E-state index contributed by atoms with van der Waals surface area (Å²) in [7, 11) is 0. The van der Waals surface area contributed by atoms with Crippen LogP contribution < -0.4 is 39.7 Å². The smallest absolute Gasteiger partial charge is 0.220 e. The zero-order valence-electron chi connectivity index (χ0n) is 40.7. The van der Waals surface area contributed by atoms with E-state index < -0.39 is 134 Å². The molecule has 3 heterocycles. The Balaban J connectivity index is 0.941. The van der Waals surface area contributed by atoms with Gasteiger partial charge in [-0.05, 0) is 104 Å². The number of amides is 1. The summed E-state index contributed by atoms with van der Waals surface area (Å²) in [5.74, 6) is 0.380. The minimum absolute atomic E-state index is 0.0411. The zero-order valence-corrected chi connectivity index (χ0v) is 40.7. The number of carbonyl (C=O) groups is 1. The van der Waals surface area contributed by atoms with Crippen LogP contribution >= 0.6 is 0 Å². The fraction of sp³-hybridized carbons (Fsp3) is 0.979. The molecule has 5 aliphatic carbocycles. The van der Waals surface area contributed by atoms with Gasteiger partial charge < -0.3 is 114 Å².